The number of rotatable bonds is 4. The number of nitrogens with zero attached hydrogens (tertiary/aromatic N) is 6. The maximum absolute atomic E-state index is 4.43. The molecule has 0 aliphatic carbocycles. The fourth-order valence-corrected chi connectivity index (χ4v) is 7.07. The van der Waals surface area contributed by atoms with Gasteiger partial charge in [0, 0.05) is 0 Å². The first-order valence-electron chi connectivity index (χ1n) is 6.25. The van der Waals surface area contributed by atoms with Crippen LogP contribution >= 0.6 is 7.87 Å². The summed E-state index contributed by atoms with van der Waals surface area (Å²) in [7, 11) is 10.3. The van der Waals surface area contributed by atoms with Crippen LogP contribution in [0.2, 0.25) is 0 Å². The zero-order chi connectivity index (χ0) is 14.2. The van der Waals surface area contributed by atoms with Crippen molar-refractivity contribution in [3.63, 3.8) is 0 Å². The summed E-state index contributed by atoms with van der Waals surface area (Å²) in [6.07, 6.45) is 0. The van der Waals surface area contributed by atoms with Gasteiger partial charge in [-0.15, -0.1) is 0 Å². The van der Waals surface area contributed by atoms with E-state index in [9.17, 15) is 0 Å². The van der Waals surface area contributed by atoms with Gasteiger partial charge < -0.3 is 0 Å². The summed E-state index contributed by atoms with van der Waals surface area (Å²) in [5, 5.41) is 8.73. The van der Waals surface area contributed by atoms with E-state index in [-0.39, 0.29) is 0 Å². The number of aromatic nitrogens is 3. The standard InChI is InChI=1S/C12H23N6P/c1-15(2)19(16(3)4,17(5)6)18-12-10-8-7-9-11(12)13-14-18/h7-10,19H,1-6H3. The topological polar surface area (TPSA) is 40.4 Å². The molecule has 0 aliphatic rings. The van der Waals surface area contributed by atoms with Gasteiger partial charge in [0.25, 0.3) is 0 Å². The van der Waals surface area contributed by atoms with Crippen molar-refractivity contribution in [1.82, 2.24) is 28.8 Å². The van der Waals surface area contributed by atoms with Gasteiger partial charge in [0.05, 0.1) is 0 Å². The summed E-state index contributed by atoms with van der Waals surface area (Å²) in [4.78, 5) is 0. The molecule has 0 atom stereocenters. The van der Waals surface area contributed by atoms with Crippen LogP contribution in [0.25, 0.3) is 11.0 Å². The van der Waals surface area contributed by atoms with Gasteiger partial charge in [0.1, 0.15) is 0 Å². The van der Waals surface area contributed by atoms with E-state index < -0.39 is 7.87 Å². The number of hydrogen-bond acceptors (Lipinski definition) is 5. The molecule has 0 bridgehead atoms. The van der Waals surface area contributed by atoms with Gasteiger partial charge in [0.2, 0.25) is 0 Å². The Hall–Kier alpha value is -1.07. The Morgan fingerprint density at radius 1 is 0.895 bits per heavy atom. The molecule has 1 aromatic carbocycles. The molecule has 0 saturated heterocycles. The van der Waals surface area contributed by atoms with Crippen molar-refractivity contribution >= 4 is 18.9 Å². The predicted octanol–water partition coefficient (Wildman–Crippen LogP) is 1.37. The molecule has 7 heteroatoms. The summed E-state index contributed by atoms with van der Waals surface area (Å²) >= 11 is 0. The monoisotopic (exact) mass is 282 g/mol. The molecule has 1 aromatic heterocycles. The molecule has 106 valence electrons. The van der Waals surface area contributed by atoms with E-state index in [1.165, 1.54) is 0 Å². The number of hydrogen-bond donors (Lipinski definition) is 0. The molecule has 0 radical (unpaired) electrons. The molecular weight excluding hydrogens is 259 g/mol. The molecule has 0 saturated carbocycles. The number of para-hydroxylation sites is 1. The Morgan fingerprint density at radius 3 is 1.95 bits per heavy atom. The van der Waals surface area contributed by atoms with Crippen molar-refractivity contribution in [2.75, 3.05) is 42.3 Å². The van der Waals surface area contributed by atoms with Crippen LogP contribution in [0.3, 0.4) is 0 Å². The molecule has 0 aliphatic heterocycles. The third-order valence-electron chi connectivity index (χ3n) is 3.44. The molecule has 0 fully saturated rings. The van der Waals surface area contributed by atoms with Crippen molar-refractivity contribution < 1.29 is 0 Å². The van der Waals surface area contributed by atoms with E-state index in [4.69, 9.17) is 0 Å². The average Bonchev–Trinajstić information content (AvgIpc) is 2.73. The first-order chi connectivity index (χ1) is 8.92. The van der Waals surface area contributed by atoms with Crippen LogP contribution in [0.4, 0.5) is 0 Å². The molecule has 0 amide bonds. The van der Waals surface area contributed by atoms with Crippen molar-refractivity contribution in [3.05, 3.63) is 24.3 Å². The van der Waals surface area contributed by atoms with Crippen molar-refractivity contribution in [2.45, 2.75) is 0 Å². The molecule has 0 spiro atoms. The maximum atomic E-state index is 4.43. The SMILES string of the molecule is CN(C)[PH](N(C)C)(N(C)C)n1nnc2ccccc21. The van der Waals surface area contributed by atoms with Gasteiger partial charge in [-0.05, 0) is 0 Å². The van der Waals surface area contributed by atoms with Crippen LogP contribution in [-0.4, -0.2) is 71.1 Å². The minimum atomic E-state index is -2.27. The summed E-state index contributed by atoms with van der Waals surface area (Å²) in [5.41, 5.74) is 2.01. The van der Waals surface area contributed by atoms with Crippen molar-refractivity contribution in [2.24, 2.45) is 0 Å². The average molecular weight is 282 g/mol. The Bertz CT molecular complexity index is 540. The summed E-state index contributed by atoms with van der Waals surface area (Å²) in [6, 6.07) is 8.10. The minimum absolute atomic E-state index is 0.935. The van der Waals surface area contributed by atoms with Gasteiger partial charge in [-0.2, -0.15) is 0 Å². The van der Waals surface area contributed by atoms with E-state index in [1.54, 1.807) is 0 Å². The second-order valence-corrected chi connectivity index (χ2v) is 9.58. The van der Waals surface area contributed by atoms with Crippen LogP contribution in [0.15, 0.2) is 24.3 Å². The first kappa shape index (κ1) is 14.3. The molecule has 0 unspecified atom stereocenters. The van der Waals surface area contributed by atoms with Crippen LogP contribution in [-0.2, 0) is 0 Å². The molecule has 19 heavy (non-hydrogen) atoms. The first-order valence-corrected chi connectivity index (χ1v) is 8.04. The molecule has 0 N–H and O–H groups in total. The van der Waals surface area contributed by atoms with Gasteiger partial charge in [-0.25, -0.2) is 0 Å². The third kappa shape index (κ3) is 2.05. The second kappa shape index (κ2) is 5.13. The normalized spacial score (nSPS) is 13.9. The van der Waals surface area contributed by atoms with Crippen LogP contribution < -0.4 is 0 Å². The molecular formula is C12H23N6P. The van der Waals surface area contributed by atoms with Gasteiger partial charge in [-0.3, -0.25) is 0 Å². The summed E-state index contributed by atoms with van der Waals surface area (Å²) in [6.45, 7) is 0. The van der Waals surface area contributed by atoms with Gasteiger partial charge in [-0.1, -0.05) is 0 Å². The third-order valence-corrected chi connectivity index (χ3v) is 7.93. The van der Waals surface area contributed by atoms with Gasteiger partial charge in [0.15, 0.2) is 0 Å². The van der Waals surface area contributed by atoms with Gasteiger partial charge >= 0.3 is 114 Å². The second-order valence-electron chi connectivity index (χ2n) is 5.27. The molecule has 1 heterocycles. The fraction of sp³-hybridized carbons (Fsp3) is 0.500. The van der Waals surface area contributed by atoms with E-state index >= 15 is 0 Å². The Kier molecular flexibility index (Phi) is 3.87. The van der Waals surface area contributed by atoms with E-state index in [2.05, 4.69) is 77.1 Å². The predicted molar refractivity (Wildman–Crippen MR) is 82.3 cm³/mol. The Labute approximate surface area is 115 Å². The van der Waals surface area contributed by atoms with E-state index in [0.717, 1.165) is 11.0 Å². The Balaban J connectivity index is 2.74. The molecule has 2 aromatic rings. The van der Waals surface area contributed by atoms with Crippen LogP contribution in [0, 0.1) is 0 Å². The van der Waals surface area contributed by atoms with E-state index in [0.29, 0.717) is 0 Å². The number of fused-ring (bicyclic) bond motifs is 1. The van der Waals surface area contributed by atoms with Crippen molar-refractivity contribution in [1.29, 1.82) is 0 Å². The fourth-order valence-electron chi connectivity index (χ4n) is 2.86. The van der Waals surface area contributed by atoms with Crippen molar-refractivity contribution in [3.8, 4) is 0 Å². The summed E-state index contributed by atoms with van der Waals surface area (Å²) < 4.78 is 8.86. The van der Waals surface area contributed by atoms with E-state index in [1.807, 2.05) is 18.2 Å². The summed E-state index contributed by atoms with van der Waals surface area (Å²) in [5.74, 6) is 0. The quantitative estimate of drug-likeness (QED) is 0.792. The van der Waals surface area contributed by atoms with Crippen LogP contribution in [0.5, 0.6) is 0 Å². The zero-order valence-corrected chi connectivity index (χ0v) is 13.5. The number of benzene rings is 1. The Morgan fingerprint density at radius 2 is 1.42 bits per heavy atom. The zero-order valence-electron chi connectivity index (χ0n) is 12.5. The molecule has 2 rings (SSSR count). The molecule has 6 nitrogen and oxygen atoms in total. The van der Waals surface area contributed by atoms with Crippen LogP contribution in [0.1, 0.15) is 0 Å².